The van der Waals surface area contributed by atoms with Crippen molar-refractivity contribution in [3.63, 3.8) is 0 Å². The van der Waals surface area contributed by atoms with Crippen molar-refractivity contribution in [2.24, 2.45) is 0 Å². The van der Waals surface area contributed by atoms with E-state index in [1.54, 1.807) is 0 Å². The topological polar surface area (TPSA) is 12.5 Å². The zero-order valence-electron chi connectivity index (χ0n) is 16.4. The molecule has 0 fully saturated rings. The third kappa shape index (κ3) is 4.32. The summed E-state index contributed by atoms with van der Waals surface area (Å²) in [4.78, 5) is 4.84. The highest BCUT2D eigenvalue weighted by Gasteiger charge is 2.21. The van der Waals surface area contributed by atoms with E-state index >= 15 is 0 Å². The first-order valence-corrected chi connectivity index (χ1v) is 10.5. The molecule has 0 atom stereocenters. The quantitative estimate of drug-likeness (QED) is 0.396. The van der Waals surface area contributed by atoms with Crippen molar-refractivity contribution in [2.45, 2.75) is 22.8 Å². The monoisotopic (exact) mass is 387 g/mol. The molecule has 0 amide bonds. The fourth-order valence-corrected chi connectivity index (χ4v) is 4.45. The maximum absolute atomic E-state index is 6.09. The van der Waals surface area contributed by atoms with Crippen LogP contribution in [0.5, 0.6) is 5.75 Å². The molecule has 1 aliphatic heterocycles. The number of hydrogen-bond acceptors (Lipinski definition) is 3. The highest BCUT2D eigenvalue weighted by molar-refractivity contribution is 7.99. The van der Waals surface area contributed by atoms with Crippen LogP contribution >= 0.6 is 11.8 Å². The van der Waals surface area contributed by atoms with E-state index in [-0.39, 0.29) is 0 Å². The van der Waals surface area contributed by atoms with Gasteiger partial charge in [-0.25, -0.2) is 0 Å². The van der Waals surface area contributed by atoms with Crippen LogP contribution in [-0.2, 0) is 6.61 Å². The van der Waals surface area contributed by atoms with Crippen molar-refractivity contribution < 1.29 is 4.74 Å². The Kier molecular flexibility index (Phi) is 5.84. The smallest absolute Gasteiger partial charge is 0.120 e. The van der Waals surface area contributed by atoms with Gasteiger partial charge in [0, 0.05) is 16.3 Å². The predicted octanol–water partition coefficient (Wildman–Crippen LogP) is 6.11. The minimum absolute atomic E-state index is 0.586. The van der Waals surface area contributed by atoms with Gasteiger partial charge in [-0.15, -0.1) is 0 Å². The van der Waals surface area contributed by atoms with Crippen LogP contribution in [0.4, 0.5) is 0 Å². The molecule has 3 aromatic carbocycles. The molecule has 142 valence electrons. The fraction of sp³-hybridized carbons (Fsp3) is 0.200. The Bertz CT molecular complexity index is 979. The van der Waals surface area contributed by atoms with Crippen LogP contribution in [0.3, 0.4) is 0 Å². The molecule has 1 heterocycles. The molecule has 0 aromatic heterocycles. The second-order valence-corrected chi connectivity index (χ2v) is 8.32. The van der Waals surface area contributed by atoms with Crippen LogP contribution in [-0.4, -0.2) is 25.5 Å². The highest BCUT2D eigenvalue weighted by atomic mass is 32.2. The second kappa shape index (κ2) is 8.68. The summed E-state index contributed by atoms with van der Waals surface area (Å²) in [6.07, 6.45) is 3.40. The summed E-state index contributed by atoms with van der Waals surface area (Å²) in [6.45, 7) is 1.63. The number of nitrogens with zero attached hydrogens (tertiary/aromatic N) is 1. The van der Waals surface area contributed by atoms with Gasteiger partial charge in [0.15, 0.2) is 0 Å². The Morgan fingerprint density at radius 3 is 2.43 bits per heavy atom. The van der Waals surface area contributed by atoms with E-state index in [9.17, 15) is 0 Å². The Balaban J connectivity index is 1.63. The third-order valence-electron chi connectivity index (χ3n) is 4.81. The Hall–Kier alpha value is -2.49. The molecule has 2 nitrogen and oxygen atoms in total. The highest BCUT2D eigenvalue weighted by Crippen LogP contribution is 2.46. The first kappa shape index (κ1) is 18.9. The van der Waals surface area contributed by atoms with Crippen molar-refractivity contribution in [2.75, 3.05) is 20.6 Å². The molecule has 4 rings (SSSR count). The predicted molar refractivity (Wildman–Crippen MR) is 118 cm³/mol. The van der Waals surface area contributed by atoms with E-state index < -0.39 is 0 Å². The van der Waals surface area contributed by atoms with E-state index in [1.807, 2.05) is 30.0 Å². The van der Waals surface area contributed by atoms with E-state index in [2.05, 4.69) is 79.7 Å². The molecule has 3 aromatic rings. The maximum atomic E-state index is 6.09. The SMILES string of the molecule is CN(C)CC/C=C1\c2ccccc2Sc2ccc(OCc3ccccc3)cc21. The molecule has 0 spiro atoms. The first-order valence-electron chi connectivity index (χ1n) is 9.64. The standard InChI is InChI=1S/C25H25NOS/c1-26(2)16-8-12-21-22-11-6-7-13-24(22)28-25-15-14-20(17-23(21)25)27-18-19-9-4-3-5-10-19/h3-7,9-15,17H,8,16,18H2,1-2H3/b21-12+. The van der Waals surface area contributed by atoms with E-state index in [4.69, 9.17) is 4.74 Å². The lowest BCUT2D eigenvalue weighted by Crippen LogP contribution is -2.12. The number of benzene rings is 3. The van der Waals surface area contributed by atoms with Gasteiger partial charge in [-0.05, 0) is 67.0 Å². The molecule has 0 saturated carbocycles. The molecule has 0 saturated heterocycles. The van der Waals surface area contributed by atoms with Crippen molar-refractivity contribution in [3.05, 3.63) is 95.6 Å². The number of ether oxygens (including phenoxy) is 1. The molecule has 0 bridgehead atoms. The molecule has 0 unspecified atom stereocenters. The summed E-state index contributed by atoms with van der Waals surface area (Å²) in [5.74, 6) is 0.918. The molecule has 3 heteroatoms. The van der Waals surface area contributed by atoms with Gasteiger partial charge < -0.3 is 9.64 Å². The molecule has 28 heavy (non-hydrogen) atoms. The van der Waals surface area contributed by atoms with Crippen molar-refractivity contribution >= 4 is 17.3 Å². The molecule has 0 N–H and O–H groups in total. The normalized spacial score (nSPS) is 14.0. The number of fused-ring (bicyclic) bond motifs is 2. The minimum Gasteiger partial charge on any atom is -0.489 e. The van der Waals surface area contributed by atoms with Gasteiger partial charge in [-0.1, -0.05) is 66.4 Å². The average molecular weight is 388 g/mol. The van der Waals surface area contributed by atoms with Gasteiger partial charge in [-0.2, -0.15) is 0 Å². The van der Waals surface area contributed by atoms with Crippen LogP contribution in [0.2, 0.25) is 0 Å². The fourth-order valence-electron chi connectivity index (χ4n) is 3.37. The van der Waals surface area contributed by atoms with Gasteiger partial charge in [-0.3, -0.25) is 0 Å². The summed E-state index contributed by atoms with van der Waals surface area (Å²) in [6, 6.07) is 25.5. The van der Waals surface area contributed by atoms with Crippen molar-refractivity contribution in [1.82, 2.24) is 4.90 Å². The lowest BCUT2D eigenvalue weighted by Gasteiger charge is -2.23. The van der Waals surface area contributed by atoms with Gasteiger partial charge in [0.2, 0.25) is 0 Å². The Morgan fingerprint density at radius 1 is 0.857 bits per heavy atom. The van der Waals surface area contributed by atoms with Crippen LogP contribution in [0.1, 0.15) is 23.1 Å². The van der Waals surface area contributed by atoms with Crippen LogP contribution in [0.25, 0.3) is 5.57 Å². The lowest BCUT2D eigenvalue weighted by atomic mass is 9.96. The lowest BCUT2D eigenvalue weighted by molar-refractivity contribution is 0.306. The summed E-state index contributed by atoms with van der Waals surface area (Å²) in [5.41, 5.74) is 5.09. The summed E-state index contributed by atoms with van der Waals surface area (Å²) in [5, 5.41) is 0. The molecule has 1 aliphatic rings. The minimum atomic E-state index is 0.586. The zero-order valence-corrected chi connectivity index (χ0v) is 17.2. The van der Waals surface area contributed by atoms with E-state index in [0.717, 1.165) is 18.7 Å². The number of rotatable bonds is 6. The molecule has 0 aliphatic carbocycles. The summed E-state index contributed by atoms with van der Waals surface area (Å²) >= 11 is 1.84. The van der Waals surface area contributed by atoms with Crippen LogP contribution in [0, 0.1) is 0 Å². The summed E-state index contributed by atoms with van der Waals surface area (Å²) in [7, 11) is 4.24. The zero-order chi connectivity index (χ0) is 19.3. The van der Waals surface area contributed by atoms with Crippen LogP contribution < -0.4 is 4.74 Å². The number of hydrogen-bond donors (Lipinski definition) is 0. The third-order valence-corrected chi connectivity index (χ3v) is 5.96. The average Bonchev–Trinajstić information content (AvgIpc) is 2.72. The van der Waals surface area contributed by atoms with E-state index in [1.165, 1.54) is 32.1 Å². The maximum Gasteiger partial charge on any atom is 0.120 e. The summed E-state index contributed by atoms with van der Waals surface area (Å²) < 4.78 is 6.09. The van der Waals surface area contributed by atoms with Gasteiger partial charge in [0.25, 0.3) is 0 Å². The van der Waals surface area contributed by atoms with Crippen molar-refractivity contribution in [1.29, 1.82) is 0 Å². The molecular formula is C25H25NOS. The van der Waals surface area contributed by atoms with Gasteiger partial charge >= 0.3 is 0 Å². The van der Waals surface area contributed by atoms with Crippen LogP contribution in [0.15, 0.2) is 88.7 Å². The Morgan fingerprint density at radius 2 is 1.61 bits per heavy atom. The largest absolute Gasteiger partial charge is 0.489 e. The van der Waals surface area contributed by atoms with Gasteiger partial charge in [0.1, 0.15) is 12.4 Å². The van der Waals surface area contributed by atoms with Crippen molar-refractivity contribution in [3.8, 4) is 5.75 Å². The van der Waals surface area contributed by atoms with E-state index in [0.29, 0.717) is 6.61 Å². The molecule has 0 radical (unpaired) electrons. The Labute approximate surface area is 171 Å². The van der Waals surface area contributed by atoms with Gasteiger partial charge in [0.05, 0.1) is 0 Å². The first-order chi connectivity index (χ1) is 13.7. The molecular weight excluding hydrogens is 362 g/mol. The second-order valence-electron chi connectivity index (χ2n) is 7.24.